The number of hydrogen-bond donors (Lipinski definition) is 5. The number of nitrogens with one attached hydrogen (secondary N) is 2. The fourth-order valence-corrected chi connectivity index (χ4v) is 1.29. The lowest BCUT2D eigenvalue weighted by molar-refractivity contribution is -0.121. The normalized spacial score (nSPS) is 12.1. The molecule has 1 aromatic rings. The summed E-state index contributed by atoms with van der Waals surface area (Å²) in [7, 11) is 0. The Balaban J connectivity index is 2.83. The predicted octanol–water partition coefficient (Wildman–Crippen LogP) is -0.723. The fraction of sp³-hybridized carbons (Fsp3) is 0.222. The second-order valence-corrected chi connectivity index (χ2v) is 3.05. The van der Waals surface area contributed by atoms with E-state index in [1.165, 1.54) is 6.07 Å². The molecule has 0 heterocycles. The molecule has 1 unspecified atom stereocenters. The third-order valence-corrected chi connectivity index (χ3v) is 2.06. The van der Waals surface area contributed by atoms with Gasteiger partial charge in [0.15, 0.2) is 0 Å². The Morgan fingerprint density at radius 3 is 2.60 bits per heavy atom. The molecule has 0 fully saturated rings. The Kier molecular flexibility index (Phi) is 4.04. The van der Waals surface area contributed by atoms with Crippen LogP contribution in [0.5, 0.6) is 5.75 Å². The highest BCUT2D eigenvalue weighted by Gasteiger charge is 2.16. The van der Waals surface area contributed by atoms with Crippen molar-refractivity contribution in [2.24, 2.45) is 11.7 Å². The van der Waals surface area contributed by atoms with E-state index < -0.39 is 6.04 Å². The zero-order valence-electron chi connectivity index (χ0n) is 8.10. The minimum atomic E-state index is -0.463. The lowest BCUT2D eigenvalue weighted by Crippen LogP contribution is -2.36. The molecular weight excluding hydrogens is 196 g/mol. The highest BCUT2D eigenvalue weighted by molar-refractivity contribution is 5.76. The first-order valence-corrected chi connectivity index (χ1v) is 4.42. The predicted molar refractivity (Wildman–Crippen MR) is 55.1 cm³/mol. The highest BCUT2D eigenvalue weighted by Crippen LogP contribution is 2.24. The summed E-state index contributed by atoms with van der Waals surface area (Å²) in [6.45, 7) is 0. The molecule has 1 atom stereocenters. The molecule has 1 aromatic carbocycles. The summed E-state index contributed by atoms with van der Waals surface area (Å²) in [5.41, 5.74) is 5.01. The van der Waals surface area contributed by atoms with Crippen LogP contribution in [0.1, 0.15) is 18.0 Å². The Labute approximate surface area is 87.2 Å². The van der Waals surface area contributed by atoms with Crippen molar-refractivity contribution in [2.75, 3.05) is 0 Å². The topological polar surface area (TPSA) is 113 Å². The number of rotatable bonds is 4. The summed E-state index contributed by atoms with van der Waals surface area (Å²) >= 11 is 0. The molecule has 1 rings (SSSR count). The molecule has 0 aromatic heterocycles. The summed E-state index contributed by atoms with van der Waals surface area (Å²) in [4.78, 5) is 11.1. The van der Waals surface area contributed by atoms with Crippen molar-refractivity contribution in [3.8, 4) is 5.75 Å². The van der Waals surface area contributed by atoms with Gasteiger partial charge in [0.25, 0.3) is 0 Å². The maximum absolute atomic E-state index is 11.1. The smallest absolute Gasteiger partial charge is 0.235 e. The Morgan fingerprint density at radius 2 is 2.07 bits per heavy atom. The van der Waals surface area contributed by atoms with Gasteiger partial charge in [-0.15, -0.1) is 0 Å². The third-order valence-electron chi connectivity index (χ3n) is 2.06. The first kappa shape index (κ1) is 11.4. The lowest BCUT2D eigenvalue weighted by atomic mass is 10.0. The number of hydrogen-bond acceptors (Lipinski definition) is 5. The number of nitrogens with two attached hydrogens (primary N) is 2. The number of carbonyl (C=O) groups excluding carboxylic acids is 1. The van der Waals surface area contributed by atoms with Gasteiger partial charge in [-0.3, -0.25) is 21.5 Å². The average molecular weight is 210 g/mol. The van der Waals surface area contributed by atoms with E-state index in [0.29, 0.717) is 5.56 Å². The number of phenols is 1. The Bertz CT molecular complexity index is 343. The van der Waals surface area contributed by atoms with Gasteiger partial charge in [-0.1, -0.05) is 18.2 Å². The number of amides is 1. The van der Waals surface area contributed by atoms with E-state index >= 15 is 0 Å². The zero-order chi connectivity index (χ0) is 11.3. The second-order valence-electron chi connectivity index (χ2n) is 3.05. The van der Waals surface area contributed by atoms with E-state index in [4.69, 9.17) is 11.7 Å². The number of carbonyl (C=O) groups is 1. The van der Waals surface area contributed by atoms with Crippen molar-refractivity contribution in [1.82, 2.24) is 10.9 Å². The summed E-state index contributed by atoms with van der Waals surface area (Å²) < 4.78 is 0. The van der Waals surface area contributed by atoms with Crippen molar-refractivity contribution in [2.45, 2.75) is 12.5 Å². The molecule has 0 saturated heterocycles. The van der Waals surface area contributed by atoms with Crippen molar-refractivity contribution in [3.63, 3.8) is 0 Å². The number of aromatic hydroxyl groups is 1. The lowest BCUT2D eigenvalue weighted by Gasteiger charge is -2.16. The first-order chi connectivity index (χ1) is 7.19. The molecule has 0 aliphatic heterocycles. The van der Waals surface area contributed by atoms with E-state index in [-0.39, 0.29) is 18.1 Å². The SMILES string of the molecule is NNC(=O)CC(NN)c1ccccc1O. The van der Waals surface area contributed by atoms with Crippen LogP contribution in [0.4, 0.5) is 0 Å². The van der Waals surface area contributed by atoms with Crippen molar-refractivity contribution < 1.29 is 9.90 Å². The van der Waals surface area contributed by atoms with Gasteiger partial charge in [0, 0.05) is 12.0 Å². The van der Waals surface area contributed by atoms with E-state index in [1.54, 1.807) is 18.2 Å². The molecular formula is C9H14N4O2. The summed E-state index contributed by atoms with van der Waals surface area (Å²) in [6.07, 6.45) is 0.0601. The van der Waals surface area contributed by atoms with Crippen LogP contribution in [-0.2, 0) is 4.79 Å². The molecule has 0 aliphatic rings. The monoisotopic (exact) mass is 210 g/mol. The second kappa shape index (κ2) is 5.30. The number of hydrazine groups is 2. The average Bonchev–Trinajstić information content (AvgIpc) is 2.26. The molecule has 6 heteroatoms. The highest BCUT2D eigenvalue weighted by atomic mass is 16.3. The Hall–Kier alpha value is -1.63. The standard InChI is InChI=1S/C9H14N4O2/c10-12-7(5-9(15)13-11)6-3-1-2-4-8(6)14/h1-4,7,12,14H,5,10-11H2,(H,13,15). The van der Waals surface area contributed by atoms with Gasteiger partial charge in [0.2, 0.25) is 5.91 Å². The van der Waals surface area contributed by atoms with E-state index in [9.17, 15) is 9.90 Å². The van der Waals surface area contributed by atoms with Gasteiger partial charge >= 0.3 is 0 Å². The molecule has 82 valence electrons. The molecule has 0 saturated carbocycles. The summed E-state index contributed by atoms with van der Waals surface area (Å²) in [5.74, 6) is 9.98. The van der Waals surface area contributed by atoms with Crippen molar-refractivity contribution in [1.29, 1.82) is 0 Å². The molecule has 0 bridgehead atoms. The van der Waals surface area contributed by atoms with Crippen molar-refractivity contribution >= 4 is 5.91 Å². The minimum absolute atomic E-state index is 0.0601. The van der Waals surface area contributed by atoms with Gasteiger partial charge in [-0.2, -0.15) is 0 Å². The largest absolute Gasteiger partial charge is 0.508 e. The van der Waals surface area contributed by atoms with Crippen LogP contribution in [0.2, 0.25) is 0 Å². The van der Waals surface area contributed by atoms with Crippen LogP contribution in [-0.4, -0.2) is 11.0 Å². The van der Waals surface area contributed by atoms with Gasteiger partial charge in [-0.05, 0) is 6.07 Å². The van der Waals surface area contributed by atoms with E-state index in [0.717, 1.165) is 0 Å². The fourth-order valence-electron chi connectivity index (χ4n) is 1.29. The maximum Gasteiger partial charge on any atom is 0.235 e. The zero-order valence-corrected chi connectivity index (χ0v) is 8.10. The maximum atomic E-state index is 11.1. The number of benzene rings is 1. The van der Waals surface area contributed by atoms with E-state index in [2.05, 4.69) is 5.43 Å². The number of para-hydroxylation sites is 1. The van der Waals surface area contributed by atoms with Crippen LogP contribution < -0.4 is 22.5 Å². The van der Waals surface area contributed by atoms with Crippen molar-refractivity contribution in [3.05, 3.63) is 29.8 Å². The molecule has 0 aliphatic carbocycles. The number of phenolic OH excluding ortho intramolecular Hbond substituents is 1. The van der Waals surface area contributed by atoms with E-state index in [1.807, 2.05) is 5.43 Å². The van der Waals surface area contributed by atoms with Crippen LogP contribution in [0.3, 0.4) is 0 Å². The molecule has 0 radical (unpaired) electrons. The quantitative estimate of drug-likeness (QED) is 0.255. The van der Waals surface area contributed by atoms with Gasteiger partial charge in [0.1, 0.15) is 5.75 Å². The van der Waals surface area contributed by atoms with Crippen LogP contribution in [0.25, 0.3) is 0 Å². The first-order valence-electron chi connectivity index (χ1n) is 4.42. The summed E-state index contributed by atoms with van der Waals surface area (Å²) in [5, 5.41) is 9.54. The minimum Gasteiger partial charge on any atom is -0.508 e. The molecule has 6 nitrogen and oxygen atoms in total. The van der Waals surface area contributed by atoms with Gasteiger partial charge < -0.3 is 5.11 Å². The Morgan fingerprint density at radius 1 is 1.40 bits per heavy atom. The van der Waals surface area contributed by atoms with Crippen LogP contribution in [0, 0.1) is 0 Å². The molecule has 1 amide bonds. The molecule has 15 heavy (non-hydrogen) atoms. The third kappa shape index (κ3) is 2.91. The molecule has 0 spiro atoms. The molecule has 7 N–H and O–H groups in total. The summed E-state index contributed by atoms with van der Waals surface area (Å²) in [6, 6.07) is 6.19. The van der Waals surface area contributed by atoms with Crippen LogP contribution >= 0.6 is 0 Å². The van der Waals surface area contributed by atoms with Gasteiger partial charge in [0.05, 0.1) is 6.04 Å². The van der Waals surface area contributed by atoms with Crippen LogP contribution in [0.15, 0.2) is 24.3 Å². The van der Waals surface area contributed by atoms with Gasteiger partial charge in [-0.25, -0.2) is 5.84 Å².